The molecule has 112 valence electrons. The second kappa shape index (κ2) is 6.88. The Balaban J connectivity index is 1.89. The van der Waals surface area contributed by atoms with Gasteiger partial charge in [0.1, 0.15) is 0 Å². The van der Waals surface area contributed by atoms with Crippen LogP contribution in [-0.4, -0.2) is 39.6 Å². The highest BCUT2D eigenvalue weighted by atomic mass is 16.4. The van der Waals surface area contributed by atoms with Gasteiger partial charge < -0.3 is 15.3 Å². The Bertz CT molecular complexity index is 530. The maximum atomic E-state index is 12.2. The van der Waals surface area contributed by atoms with Crippen LogP contribution in [0.2, 0.25) is 0 Å². The summed E-state index contributed by atoms with van der Waals surface area (Å²) in [5, 5.41) is 11.8. The largest absolute Gasteiger partial charge is 0.481 e. The van der Waals surface area contributed by atoms with Crippen LogP contribution in [-0.2, 0) is 11.3 Å². The molecule has 1 aliphatic rings. The molecule has 0 bridgehead atoms. The zero-order chi connectivity index (χ0) is 15.2. The lowest BCUT2D eigenvalue weighted by molar-refractivity contribution is -0.140. The summed E-state index contributed by atoms with van der Waals surface area (Å²) in [6, 6.07) is 5.15. The predicted octanol–water partition coefficient (Wildman–Crippen LogP) is 1.64. The minimum atomic E-state index is -0.858. The number of amides is 2. The average molecular weight is 289 g/mol. The number of hydrogen-bond acceptors (Lipinski definition) is 3. The Labute approximate surface area is 123 Å². The molecule has 1 aliphatic carbocycles. The van der Waals surface area contributed by atoms with E-state index < -0.39 is 11.9 Å². The van der Waals surface area contributed by atoms with Crippen LogP contribution in [0.3, 0.4) is 0 Å². The van der Waals surface area contributed by atoms with E-state index in [0.717, 1.165) is 5.69 Å². The van der Waals surface area contributed by atoms with Crippen molar-refractivity contribution in [3.8, 4) is 0 Å². The molecule has 0 aromatic carbocycles. The third-order valence-corrected chi connectivity index (χ3v) is 3.46. The number of nitrogens with zero attached hydrogens (tertiary/aromatic N) is 2. The Hall–Kier alpha value is -2.37. The van der Waals surface area contributed by atoms with Gasteiger partial charge >= 0.3 is 12.0 Å². The van der Waals surface area contributed by atoms with Gasteiger partial charge in [-0.05, 0) is 25.5 Å². The van der Waals surface area contributed by atoms with Crippen LogP contribution in [0, 0.1) is 5.92 Å². The first-order chi connectivity index (χ1) is 10.1. The Morgan fingerprint density at radius 1 is 1.43 bits per heavy atom. The molecule has 2 rings (SSSR count). The fourth-order valence-corrected chi connectivity index (χ4v) is 2.25. The van der Waals surface area contributed by atoms with Gasteiger partial charge in [-0.3, -0.25) is 9.78 Å². The first-order valence-corrected chi connectivity index (χ1v) is 6.96. The lowest BCUT2D eigenvalue weighted by Gasteiger charge is -2.23. The van der Waals surface area contributed by atoms with Crippen LogP contribution in [0.25, 0.3) is 0 Å². The fourth-order valence-electron chi connectivity index (χ4n) is 2.25. The molecular weight excluding hydrogens is 270 g/mol. The number of hydrogen-bond donors (Lipinski definition) is 2. The quantitative estimate of drug-likeness (QED) is 0.807. The number of pyridine rings is 1. The van der Waals surface area contributed by atoms with Crippen LogP contribution >= 0.6 is 0 Å². The van der Waals surface area contributed by atoms with Gasteiger partial charge in [-0.15, -0.1) is 0 Å². The van der Waals surface area contributed by atoms with Crippen molar-refractivity contribution in [2.75, 3.05) is 6.54 Å². The number of carboxylic acids is 1. The Kier molecular flexibility index (Phi) is 4.92. The van der Waals surface area contributed by atoms with E-state index in [2.05, 4.69) is 10.3 Å². The summed E-state index contributed by atoms with van der Waals surface area (Å²) in [4.78, 5) is 28.9. The molecule has 0 saturated carbocycles. The molecule has 0 aliphatic heterocycles. The lowest BCUT2D eigenvalue weighted by atomic mass is 10.1. The molecule has 2 unspecified atom stereocenters. The average Bonchev–Trinajstić information content (AvgIpc) is 2.94. The molecule has 1 heterocycles. The van der Waals surface area contributed by atoms with Crippen molar-refractivity contribution in [2.45, 2.75) is 25.9 Å². The Morgan fingerprint density at radius 3 is 2.81 bits per heavy atom. The SMILES string of the molecule is CCN(Cc1ccccn1)C(=O)NC1C=CC(C(=O)O)C1. The normalized spacial score (nSPS) is 20.2. The second-order valence-electron chi connectivity index (χ2n) is 4.96. The highest BCUT2D eigenvalue weighted by Crippen LogP contribution is 2.18. The van der Waals surface area contributed by atoms with E-state index in [1.165, 1.54) is 0 Å². The summed E-state index contributed by atoms with van der Waals surface area (Å²) >= 11 is 0. The van der Waals surface area contributed by atoms with E-state index in [4.69, 9.17) is 5.11 Å². The highest BCUT2D eigenvalue weighted by Gasteiger charge is 2.26. The summed E-state index contributed by atoms with van der Waals surface area (Å²) in [6.07, 6.45) is 5.47. The summed E-state index contributed by atoms with van der Waals surface area (Å²) in [6.45, 7) is 2.89. The molecule has 0 saturated heterocycles. The minimum Gasteiger partial charge on any atom is -0.481 e. The fraction of sp³-hybridized carbons (Fsp3) is 0.400. The number of carboxylic acid groups (broad SMARTS) is 1. The maximum absolute atomic E-state index is 12.2. The van der Waals surface area contributed by atoms with Gasteiger partial charge in [0, 0.05) is 12.7 Å². The standard InChI is InChI=1S/C15H19N3O3/c1-2-18(10-13-5-3-4-8-16-13)15(21)17-12-7-6-11(9-12)14(19)20/h3-8,11-12H,2,9-10H2,1H3,(H,17,21)(H,19,20). The van der Waals surface area contributed by atoms with E-state index in [1.807, 2.05) is 25.1 Å². The van der Waals surface area contributed by atoms with E-state index in [0.29, 0.717) is 19.5 Å². The van der Waals surface area contributed by atoms with Crippen molar-refractivity contribution in [1.29, 1.82) is 0 Å². The first kappa shape index (κ1) is 15.0. The van der Waals surface area contributed by atoms with Gasteiger partial charge in [-0.2, -0.15) is 0 Å². The van der Waals surface area contributed by atoms with E-state index in [9.17, 15) is 9.59 Å². The third-order valence-electron chi connectivity index (χ3n) is 3.46. The maximum Gasteiger partial charge on any atom is 0.318 e. The molecule has 2 amide bonds. The molecule has 2 N–H and O–H groups in total. The smallest absolute Gasteiger partial charge is 0.318 e. The summed E-state index contributed by atoms with van der Waals surface area (Å²) < 4.78 is 0. The van der Waals surface area contributed by atoms with Crippen molar-refractivity contribution >= 4 is 12.0 Å². The monoisotopic (exact) mass is 289 g/mol. The first-order valence-electron chi connectivity index (χ1n) is 6.96. The molecular formula is C15H19N3O3. The van der Waals surface area contributed by atoms with Crippen LogP contribution < -0.4 is 5.32 Å². The van der Waals surface area contributed by atoms with Crippen LogP contribution in [0.5, 0.6) is 0 Å². The van der Waals surface area contributed by atoms with Gasteiger partial charge in [0.05, 0.1) is 24.2 Å². The van der Waals surface area contributed by atoms with Crippen LogP contribution in [0.4, 0.5) is 4.79 Å². The second-order valence-corrected chi connectivity index (χ2v) is 4.96. The molecule has 1 aromatic rings. The van der Waals surface area contributed by atoms with Crippen molar-refractivity contribution in [1.82, 2.24) is 15.2 Å². The van der Waals surface area contributed by atoms with Gasteiger partial charge in [0.15, 0.2) is 0 Å². The van der Waals surface area contributed by atoms with Crippen molar-refractivity contribution in [3.05, 3.63) is 42.2 Å². The zero-order valence-corrected chi connectivity index (χ0v) is 11.9. The lowest BCUT2D eigenvalue weighted by Crippen LogP contribution is -2.43. The summed E-state index contributed by atoms with van der Waals surface area (Å²) in [7, 11) is 0. The number of rotatable bonds is 5. The topological polar surface area (TPSA) is 82.5 Å². The van der Waals surface area contributed by atoms with E-state index in [1.54, 1.807) is 23.2 Å². The number of aliphatic carboxylic acids is 1. The van der Waals surface area contributed by atoms with Crippen molar-refractivity contribution < 1.29 is 14.7 Å². The van der Waals surface area contributed by atoms with Gasteiger partial charge in [0.25, 0.3) is 0 Å². The summed E-state index contributed by atoms with van der Waals surface area (Å²) in [5.41, 5.74) is 0.819. The molecule has 6 nitrogen and oxygen atoms in total. The number of aromatic nitrogens is 1. The predicted molar refractivity (Wildman–Crippen MR) is 77.5 cm³/mol. The van der Waals surface area contributed by atoms with Crippen molar-refractivity contribution in [3.63, 3.8) is 0 Å². The molecule has 2 atom stereocenters. The molecule has 0 spiro atoms. The summed E-state index contributed by atoms with van der Waals surface area (Å²) in [5.74, 6) is -1.37. The third kappa shape index (κ3) is 4.05. The van der Waals surface area contributed by atoms with Gasteiger partial charge in [-0.1, -0.05) is 18.2 Å². The number of nitrogens with one attached hydrogen (secondary N) is 1. The van der Waals surface area contributed by atoms with Crippen LogP contribution in [0.15, 0.2) is 36.5 Å². The van der Waals surface area contributed by atoms with Crippen LogP contribution in [0.1, 0.15) is 19.0 Å². The van der Waals surface area contributed by atoms with Crippen molar-refractivity contribution in [2.24, 2.45) is 5.92 Å². The minimum absolute atomic E-state index is 0.205. The van der Waals surface area contributed by atoms with E-state index in [-0.39, 0.29) is 12.1 Å². The zero-order valence-electron chi connectivity index (χ0n) is 11.9. The van der Waals surface area contributed by atoms with E-state index >= 15 is 0 Å². The van der Waals surface area contributed by atoms with Gasteiger partial charge in [-0.25, -0.2) is 4.79 Å². The molecule has 0 fully saturated rings. The number of carbonyl (C=O) groups excluding carboxylic acids is 1. The molecule has 6 heteroatoms. The molecule has 21 heavy (non-hydrogen) atoms. The van der Waals surface area contributed by atoms with Gasteiger partial charge in [0.2, 0.25) is 0 Å². The highest BCUT2D eigenvalue weighted by molar-refractivity contribution is 5.76. The Morgan fingerprint density at radius 2 is 2.24 bits per heavy atom. The molecule has 1 aromatic heterocycles. The molecule has 0 radical (unpaired) electrons. The number of urea groups is 1. The number of carbonyl (C=O) groups is 2.